The summed E-state index contributed by atoms with van der Waals surface area (Å²) in [5.74, 6) is 0.101. The van der Waals surface area contributed by atoms with Gasteiger partial charge in [0.25, 0.3) is 0 Å². The molecule has 0 bridgehead atoms. The smallest absolute Gasteiger partial charge is 0.236 e. The van der Waals surface area contributed by atoms with Gasteiger partial charge >= 0.3 is 0 Å². The van der Waals surface area contributed by atoms with Crippen LogP contribution in [0.15, 0.2) is 0 Å². The van der Waals surface area contributed by atoms with E-state index in [4.69, 9.17) is 0 Å². The van der Waals surface area contributed by atoms with E-state index < -0.39 is 0 Å². The number of nitrogens with one attached hydrogen (secondary N) is 2. The van der Waals surface area contributed by atoms with E-state index in [0.717, 1.165) is 32.6 Å². The molecule has 1 heterocycles. The van der Waals surface area contributed by atoms with Crippen LogP contribution in [-0.4, -0.2) is 74.0 Å². The normalized spacial score (nSPS) is 16.3. The molecule has 0 aliphatic carbocycles. The van der Waals surface area contributed by atoms with Gasteiger partial charge < -0.3 is 15.5 Å². The lowest BCUT2D eigenvalue weighted by atomic mass is 10.3. The van der Waals surface area contributed by atoms with Crippen molar-refractivity contribution in [1.29, 1.82) is 0 Å². The van der Waals surface area contributed by atoms with Gasteiger partial charge in [-0.2, -0.15) is 0 Å². The second kappa shape index (κ2) is 8.87. The zero-order chi connectivity index (χ0) is 14.1. The topological polar surface area (TPSA) is 64.7 Å². The summed E-state index contributed by atoms with van der Waals surface area (Å²) in [5, 5.41) is 6.03. The van der Waals surface area contributed by atoms with E-state index in [-0.39, 0.29) is 11.8 Å². The maximum Gasteiger partial charge on any atom is 0.236 e. The molecule has 2 N–H and O–H groups in total. The highest BCUT2D eigenvalue weighted by Crippen LogP contribution is 1.99. The summed E-state index contributed by atoms with van der Waals surface area (Å²) in [6.45, 7) is 9.21. The molecule has 1 fully saturated rings. The number of amides is 2. The monoisotopic (exact) mass is 270 g/mol. The molecule has 1 aliphatic heterocycles. The van der Waals surface area contributed by atoms with Crippen LogP contribution in [0.1, 0.15) is 20.3 Å². The Morgan fingerprint density at radius 1 is 1.21 bits per heavy atom. The first-order valence-electron chi connectivity index (χ1n) is 7.14. The lowest BCUT2D eigenvalue weighted by Gasteiger charge is -2.25. The van der Waals surface area contributed by atoms with Gasteiger partial charge in [0.1, 0.15) is 0 Å². The van der Waals surface area contributed by atoms with Gasteiger partial charge in [0.05, 0.1) is 13.1 Å². The Kier molecular flexibility index (Phi) is 7.43. The molecule has 0 aromatic heterocycles. The molecule has 0 aromatic carbocycles. The van der Waals surface area contributed by atoms with Crippen LogP contribution in [0.5, 0.6) is 0 Å². The van der Waals surface area contributed by atoms with Crippen molar-refractivity contribution in [2.45, 2.75) is 20.3 Å². The summed E-state index contributed by atoms with van der Waals surface area (Å²) in [7, 11) is 0. The van der Waals surface area contributed by atoms with Crippen molar-refractivity contribution in [3.05, 3.63) is 0 Å². The highest BCUT2D eigenvalue weighted by atomic mass is 16.2. The molecular weight excluding hydrogens is 244 g/mol. The van der Waals surface area contributed by atoms with Crippen molar-refractivity contribution >= 4 is 11.8 Å². The molecule has 6 heteroatoms. The molecule has 0 atom stereocenters. The quantitative estimate of drug-likeness (QED) is 0.668. The SMILES string of the molecule is CCNC(=O)CN(CC)CC(=O)N1CCCNCC1. The van der Waals surface area contributed by atoms with Crippen LogP contribution in [0.2, 0.25) is 0 Å². The molecule has 0 saturated carbocycles. The maximum atomic E-state index is 12.2. The third-order valence-electron chi connectivity index (χ3n) is 3.24. The van der Waals surface area contributed by atoms with Crippen molar-refractivity contribution < 1.29 is 9.59 Å². The third-order valence-corrected chi connectivity index (χ3v) is 3.24. The van der Waals surface area contributed by atoms with Gasteiger partial charge in [-0.3, -0.25) is 14.5 Å². The molecule has 1 aliphatic rings. The summed E-state index contributed by atoms with van der Waals surface area (Å²) in [4.78, 5) is 27.5. The van der Waals surface area contributed by atoms with Crippen LogP contribution >= 0.6 is 0 Å². The first-order valence-corrected chi connectivity index (χ1v) is 7.14. The van der Waals surface area contributed by atoms with E-state index in [2.05, 4.69) is 10.6 Å². The van der Waals surface area contributed by atoms with Crippen LogP contribution in [0.25, 0.3) is 0 Å². The molecule has 19 heavy (non-hydrogen) atoms. The summed E-state index contributed by atoms with van der Waals surface area (Å²) in [5.41, 5.74) is 0. The summed E-state index contributed by atoms with van der Waals surface area (Å²) in [6, 6.07) is 0. The largest absolute Gasteiger partial charge is 0.355 e. The second-order valence-electron chi connectivity index (χ2n) is 4.74. The minimum Gasteiger partial charge on any atom is -0.355 e. The Labute approximate surface area is 115 Å². The van der Waals surface area contributed by atoms with E-state index >= 15 is 0 Å². The van der Waals surface area contributed by atoms with Crippen LogP contribution in [0.4, 0.5) is 0 Å². The lowest BCUT2D eigenvalue weighted by molar-refractivity contribution is -0.132. The molecule has 0 spiro atoms. The van der Waals surface area contributed by atoms with Crippen molar-refractivity contribution in [3.8, 4) is 0 Å². The lowest BCUT2D eigenvalue weighted by Crippen LogP contribution is -2.45. The standard InChI is InChI=1S/C13H26N4O2/c1-3-15-12(18)10-16(4-2)11-13(19)17-8-5-6-14-7-9-17/h14H,3-11H2,1-2H3,(H,15,18). The van der Waals surface area contributed by atoms with Gasteiger partial charge in [-0.15, -0.1) is 0 Å². The average Bonchev–Trinajstić information content (AvgIpc) is 2.67. The maximum absolute atomic E-state index is 12.2. The Bertz CT molecular complexity index is 288. The first kappa shape index (κ1) is 15.9. The number of likely N-dealkylation sites (N-methyl/N-ethyl adjacent to an activating group) is 2. The van der Waals surface area contributed by atoms with Crippen LogP contribution < -0.4 is 10.6 Å². The summed E-state index contributed by atoms with van der Waals surface area (Å²) in [6.07, 6.45) is 0.994. The predicted octanol–water partition coefficient (Wildman–Crippen LogP) is -0.734. The zero-order valence-electron chi connectivity index (χ0n) is 12.1. The Morgan fingerprint density at radius 3 is 2.68 bits per heavy atom. The fourth-order valence-corrected chi connectivity index (χ4v) is 2.12. The molecule has 0 unspecified atom stereocenters. The van der Waals surface area contributed by atoms with Crippen molar-refractivity contribution in [3.63, 3.8) is 0 Å². The fraction of sp³-hybridized carbons (Fsp3) is 0.846. The molecule has 0 aromatic rings. The molecule has 110 valence electrons. The van der Waals surface area contributed by atoms with Gasteiger partial charge in [-0.25, -0.2) is 0 Å². The zero-order valence-corrected chi connectivity index (χ0v) is 12.1. The number of hydrogen-bond acceptors (Lipinski definition) is 4. The van der Waals surface area contributed by atoms with E-state index in [1.807, 2.05) is 23.6 Å². The number of carbonyl (C=O) groups is 2. The van der Waals surface area contributed by atoms with E-state index in [9.17, 15) is 9.59 Å². The third kappa shape index (κ3) is 6.02. The van der Waals surface area contributed by atoms with Crippen LogP contribution in [0.3, 0.4) is 0 Å². The average molecular weight is 270 g/mol. The second-order valence-corrected chi connectivity index (χ2v) is 4.74. The molecule has 2 amide bonds. The molecular formula is C13H26N4O2. The van der Waals surface area contributed by atoms with Crippen LogP contribution in [0, 0.1) is 0 Å². The van der Waals surface area contributed by atoms with Gasteiger partial charge in [0.2, 0.25) is 11.8 Å². The molecule has 1 saturated heterocycles. The van der Waals surface area contributed by atoms with Crippen LogP contribution in [-0.2, 0) is 9.59 Å². The van der Waals surface area contributed by atoms with E-state index in [0.29, 0.717) is 26.2 Å². The number of rotatable bonds is 6. The molecule has 1 rings (SSSR count). The highest BCUT2D eigenvalue weighted by molar-refractivity contribution is 5.81. The van der Waals surface area contributed by atoms with E-state index in [1.54, 1.807) is 0 Å². The van der Waals surface area contributed by atoms with E-state index in [1.165, 1.54) is 0 Å². The Morgan fingerprint density at radius 2 is 2.00 bits per heavy atom. The predicted molar refractivity (Wildman–Crippen MR) is 74.9 cm³/mol. The van der Waals surface area contributed by atoms with Crippen molar-refractivity contribution in [2.75, 3.05) is 52.4 Å². The van der Waals surface area contributed by atoms with Gasteiger partial charge in [0, 0.05) is 26.2 Å². The fourth-order valence-electron chi connectivity index (χ4n) is 2.12. The highest BCUT2D eigenvalue weighted by Gasteiger charge is 2.18. The Hall–Kier alpha value is -1.14. The Balaban J connectivity index is 2.40. The minimum absolute atomic E-state index is 0.0188. The van der Waals surface area contributed by atoms with Gasteiger partial charge in [0.15, 0.2) is 0 Å². The minimum atomic E-state index is -0.0188. The first-order chi connectivity index (χ1) is 9.17. The number of nitrogens with zero attached hydrogens (tertiary/aromatic N) is 2. The number of carbonyl (C=O) groups excluding carboxylic acids is 2. The number of hydrogen-bond donors (Lipinski definition) is 2. The van der Waals surface area contributed by atoms with Crippen molar-refractivity contribution in [2.24, 2.45) is 0 Å². The molecule has 6 nitrogen and oxygen atoms in total. The molecule has 0 radical (unpaired) electrons. The summed E-state index contributed by atoms with van der Waals surface area (Å²) < 4.78 is 0. The van der Waals surface area contributed by atoms with Crippen molar-refractivity contribution in [1.82, 2.24) is 20.4 Å². The summed E-state index contributed by atoms with van der Waals surface area (Å²) >= 11 is 0. The van der Waals surface area contributed by atoms with Gasteiger partial charge in [-0.1, -0.05) is 6.92 Å². The van der Waals surface area contributed by atoms with Gasteiger partial charge in [-0.05, 0) is 26.4 Å².